The molecule has 0 saturated carbocycles. The molecule has 0 radical (unpaired) electrons. The fraction of sp³-hybridized carbons (Fsp3) is 0.500. The molecule has 0 unspecified atom stereocenters. The highest BCUT2D eigenvalue weighted by Gasteiger charge is 2.45. The summed E-state index contributed by atoms with van der Waals surface area (Å²) in [4.78, 5) is 20.1. The Morgan fingerprint density at radius 3 is 2.82 bits per heavy atom. The van der Waals surface area contributed by atoms with Crippen molar-refractivity contribution in [3.8, 4) is 0 Å². The molecule has 6 heteroatoms. The van der Waals surface area contributed by atoms with E-state index >= 15 is 0 Å². The van der Waals surface area contributed by atoms with Crippen LogP contribution >= 0.6 is 0 Å². The van der Waals surface area contributed by atoms with Crippen molar-refractivity contribution in [2.45, 2.75) is 31.1 Å². The largest absolute Gasteiger partial charge is 0.383 e. The third kappa shape index (κ3) is 3.65. The van der Waals surface area contributed by atoms with Crippen LogP contribution in [0.25, 0.3) is 0 Å². The number of H-pyrrole nitrogens is 1. The van der Waals surface area contributed by atoms with Gasteiger partial charge in [-0.25, -0.2) is 4.39 Å². The first-order valence-electron chi connectivity index (χ1n) is 10.1. The summed E-state index contributed by atoms with van der Waals surface area (Å²) < 4.78 is 19.3. The van der Waals surface area contributed by atoms with Gasteiger partial charge >= 0.3 is 0 Å². The van der Waals surface area contributed by atoms with Crippen LogP contribution in [0.3, 0.4) is 0 Å². The predicted octanol–water partition coefficient (Wildman–Crippen LogP) is 3.11. The Labute approximate surface area is 165 Å². The minimum absolute atomic E-state index is 0.0680. The van der Waals surface area contributed by atoms with Crippen LogP contribution in [0, 0.1) is 5.82 Å². The molecule has 3 heterocycles. The normalized spacial score (nSPS) is 17.9. The summed E-state index contributed by atoms with van der Waals surface area (Å²) in [6, 6.07) is 9.10. The number of hydrogen-bond donors (Lipinski definition) is 1. The number of amides is 1. The molecular formula is C22H28FN3O2. The average Bonchev–Trinajstić information content (AvgIpc) is 3.32. The van der Waals surface area contributed by atoms with E-state index in [0.717, 1.165) is 62.4 Å². The highest BCUT2D eigenvalue weighted by atomic mass is 19.1. The van der Waals surface area contributed by atoms with E-state index in [-0.39, 0.29) is 17.1 Å². The van der Waals surface area contributed by atoms with Crippen LogP contribution in [-0.4, -0.2) is 55.7 Å². The Balaban J connectivity index is 1.43. The van der Waals surface area contributed by atoms with Crippen molar-refractivity contribution < 1.29 is 13.9 Å². The number of halogens is 1. The maximum atomic E-state index is 14.0. The van der Waals surface area contributed by atoms with Gasteiger partial charge in [-0.15, -0.1) is 0 Å². The van der Waals surface area contributed by atoms with Crippen LogP contribution in [0.15, 0.2) is 36.5 Å². The second-order valence-electron chi connectivity index (χ2n) is 7.93. The Morgan fingerprint density at radius 2 is 2.11 bits per heavy atom. The fourth-order valence-electron chi connectivity index (χ4n) is 4.68. The Hall–Kier alpha value is -2.34. The Morgan fingerprint density at radius 1 is 1.29 bits per heavy atom. The molecular weight excluding hydrogens is 357 g/mol. The van der Waals surface area contributed by atoms with Crippen LogP contribution in [-0.2, 0) is 21.4 Å². The molecule has 4 rings (SSSR count). The number of hydrogen-bond acceptors (Lipinski definition) is 3. The van der Waals surface area contributed by atoms with Crippen molar-refractivity contribution in [2.24, 2.45) is 0 Å². The molecule has 1 N–H and O–H groups in total. The number of aromatic nitrogens is 1. The molecule has 1 fully saturated rings. The number of likely N-dealkylation sites (tertiary alicyclic amines) is 1. The van der Waals surface area contributed by atoms with Gasteiger partial charge in [-0.05, 0) is 55.2 Å². The van der Waals surface area contributed by atoms with Crippen molar-refractivity contribution in [3.05, 3.63) is 53.6 Å². The predicted molar refractivity (Wildman–Crippen MR) is 107 cm³/mol. The van der Waals surface area contributed by atoms with Crippen LogP contribution < -0.4 is 4.90 Å². The third-order valence-corrected chi connectivity index (χ3v) is 6.27. The van der Waals surface area contributed by atoms with Gasteiger partial charge in [0.2, 0.25) is 5.91 Å². The number of ether oxygens (including phenoxy) is 1. The number of anilines is 1. The summed E-state index contributed by atoms with van der Waals surface area (Å²) in [6.07, 6.45) is 4.91. The van der Waals surface area contributed by atoms with Crippen molar-refractivity contribution in [3.63, 3.8) is 0 Å². The second kappa shape index (κ2) is 7.95. The molecule has 5 nitrogen and oxygen atoms in total. The lowest BCUT2D eigenvalue weighted by atomic mass is 9.74. The summed E-state index contributed by atoms with van der Waals surface area (Å²) in [6.45, 7) is 3.79. The molecule has 150 valence electrons. The zero-order chi connectivity index (χ0) is 19.6. The molecule has 0 bridgehead atoms. The summed E-state index contributed by atoms with van der Waals surface area (Å²) in [5, 5.41) is 0. The van der Waals surface area contributed by atoms with Crippen molar-refractivity contribution in [1.29, 1.82) is 0 Å². The first-order chi connectivity index (χ1) is 13.6. The number of methoxy groups -OCH3 is 1. The number of nitrogens with zero attached hydrogens (tertiary/aromatic N) is 2. The molecule has 2 aliphatic heterocycles. The Kier molecular flexibility index (Phi) is 5.40. The number of piperidine rings is 1. The van der Waals surface area contributed by atoms with E-state index in [1.54, 1.807) is 13.2 Å². The lowest BCUT2D eigenvalue weighted by Gasteiger charge is -2.40. The Bertz CT molecular complexity index is 813. The third-order valence-electron chi connectivity index (χ3n) is 6.27. The van der Waals surface area contributed by atoms with Gasteiger partial charge < -0.3 is 19.5 Å². The average molecular weight is 385 g/mol. The fourth-order valence-corrected chi connectivity index (χ4v) is 4.68. The zero-order valence-corrected chi connectivity index (χ0v) is 16.4. The molecule has 0 atom stereocenters. The summed E-state index contributed by atoms with van der Waals surface area (Å²) in [5.74, 6) is 0.0225. The first-order valence-corrected chi connectivity index (χ1v) is 10.1. The number of nitrogens with one attached hydrogen (secondary N) is 1. The molecule has 1 saturated heterocycles. The number of aromatic amines is 1. The molecule has 28 heavy (non-hydrogen) atoms. The topological polar surface area (TPSA) is 48.6 Å². The molecule has 1 spiro atoms. The summed E-state index contributed by atoms with van der Waals surface area (Å²) in [5.41, 5.74) is 3.24. The molecule has 2 aromatic rings. The summed E-state index contributed by atoms with van der Waals surface area (Å²) >= 11 is 0. The highest BCUT2D eigenvalue weighted by molar-refractivity contribution is 5.76. The van der Waals surface area contributed by atoms with E-state index in [4.69, 9.17) is 4.74 Å². The number of fused-ring (bicyclic) bond motifs is 2. The maximum Gasteiger partial charge on any atom is 0.222 e. The van der Waals surface area contributed by atoms with Crippen molar-refractivity contribution in [2.75, 3.05) is 44.8 Å². The van der Waals surface area contributed by atoms with Gasteiger partial charge in [-0.1, -0.05) is 0 Å². The number of carbonyl (C=O) groups is 1. The van der Waals surface area contributed by atoms with Crippen molar-refractivity contribution in [1.82, 2.24) is 9.88 Å². The van der Waals surface area contributed by atoms with E-state index < -0.39 is 0 Å². The SMILES string of the molecule is COCCN1CC2(CCN(C(=O)CCc3ccc[nH]3)CC2)c2cc(F)ccc21. The molecule has 0 aliphatic carbocycles. The lowest BCUT2D eigenvalue weighted by molar-refractivity contribution is -0.132. The van der Waals surface area contributed by atoms with Crippen LogP contribution in [0.4, 0.5) is 10.1 Å². The first kappa shape index (κ1) is 19.0. The van der Waals surface area contributed by atoms with Gasteiger partial charge in [-0.2, -0.15) is 0 Å². The maximum absolute atomic E-state index is 14.0. The van der Waals surface area contributed by atoms with Gasteiger partial charge in [0.25, 0.3) is 0 Å². The van der Waals surface area contributed by atoms with Gasteiger partial charge in [0.05, 0.1) is 6.61 Å². The quantitative estimate of drug-likeness (QED) is 0.831. The number of carbonyl (C=O) groups excluding carboxylic acids is 1. The lowest BCUT2D eigenvalue weighted by Crippen LogP contribution is -2.47. The molecule has 1 amide bonds. The van der Waals surface area contributed by atoms with Crippen LogP contribution in [0.2, 0.25) is 0 Å². The molecule has 1 aromatic heterocycles. The zero-order valence-electron chi connectivity index (χ0n) is 16.4. The number of rotatable bonds is 6. The second-order valence-corrected chi connectivity index (χ2v) is 7.93. The van der Waals surface area contributed by atoms with E-state index in [1.165, 1.54) is 6.07 Å². The van der Waals surface area contributed by atoms with Gasteiger partial charge in [0.15, 0.2) is 0 Å². The molecule has 2 aliphatic rings. The van der Waals surface area contributed by atoms with Gasteiger partial charge in [-0.3, -0.25) is 4.79 Å². The van der Waals surface area contributed by atoms with Crippen LogP contribution in [0.5, 0.6) is 0 Å². The number of aryl methyl sites for hydroxylation is 1. The monoisotopic (exact) mass is 385 g/mol. The van der Waals surface area contributed by atoms with E-state index in [2.05, 4.69) is 9.88 Å². The van der Waals surface area contributed by atoms with Crippen molar-refractivity contribution >= 4 is 11.6 Å². The smallest absolute Gasteiger partial charge is 0.222 e. The van der Waals surface area contributed by atoms with Gasteiger partial charge in [0, 0.05) is 62.7 Å². The van der Waals surface area contributed by atoms with E-state index in [9.17, 15) is 9.18 Å². The minimum atomic E-state index is -0.184. The van der Waals surface area contributed by atoms with E-state index in [1.807, 2.05) is 29.3 Å². The van der Waals surface area contributed by atoms with Crippen LogP contribution in [0.1, 0.15) is 30.5 Å². The van der Waals surface area contributed by atoms with E-state index in [0.29, 0.717) is 13.0 Å². The standard InChI is InChI=1S/C22H28FN3O2/c1-28-14-13-26-16-22(19-15-17(23)4-6-20(19)26)8-11-25(12-9-22)21(27)7-5-18-3-2-10-24-18/h2-4,6,10,15,24H,5,7-9,11-14,16H2,1H3. The minimum Gasteiger partial charge on any atom is -0.383 e. The van der Waals surface area contributed by atoms with Gasteiger partial charge in [0.1, 0.15) is 5.82 Å². The highest BCUT2D eigenvalue weighted by Crippen LogP contribution is 2.47. The number of benzene rings is 1. The molecule has 1 aromatic carbocycles. The summed E-state index contributed by atoms with van der Waals surface area (Å²) in [7, 11) is 1.70.